The molecule has 0 aliphatic carbocycles. The molecule has 0 spiro atoms. The first kappa shape index (κ1) is 19.8. The molecule has 6 nitrogen and oxygen atoms in total. The molecule has 0 unspecified atom stereocenters. The fourth-order valence-electron chi connectivity index (χ4n) is 2.33. The van der Waals surface area contributed by atoms with Gasteiger partial charge in [-0.2, -0.15) is 0 Å². The van der Waals surface area contributed by atoms with Crippen LogP contribution in [0.3, 0.4) is 0 Å². The number of sulfonamides is 1. The van der Waals surface area contributed by atoms with E-state index in [4.69, 9.17) is 4.74 Å². The van der Waals surface area contributed by atoms with Crippen molar-refractivity contribution in [1.29, 1.82) is 0 Å². The summed E-state index contributed by atoms with van der Waals surface area (Å²) in [5.74, 6) is 0.304. The Balaban J connectivity index is 2.22. The molecule has 140 valence electrons. The van der Waals surface area contributed by atoms with Gasteiger partial charge in [0.25, 0.3) is 10.0 Å². The lowest BCUT2D eigenvalue weighted by atomic mass is 10.1. The van der Waals surface area contributed by atoms with Crippen molar-refractivity contribution >= 4 is 21.6 Å². The number of carbonyl (C=O) groups excluding carboxylic acids is 1. The van der Waals surface area contributed by atoms with Crippen molar-refractivity contribution in [3.8, 4) is 5.75 Å². The molecule has 0 heterocycles. The van der Waals surface area contributed by atoms with Crippen molar-refractivity contribution < 1.29 is 17.9 Å². The minimum Gasteiger partial charge on any atom is -0.492 e. The minimum atomic E-state index is -3.79. The van der Waals surface area contributed by atoms with Crippen LogP contribution < -0.4 is 9.46 Å². The number of ether oxygens (including phenoxy) is 1. The van der Waals surface area contributed by atoms with Crippen LogP contribution in [0.25, 0.3) is 0 Å². The second-order valence-electron chi connectivity index (χ2n) is 6.15. The highest BCUT2D eigenvalue weighted by atomic mass is 32.2. The molecule has 2 aromatic carbocycles. The first-order valence-corrected chi connectivity index (χ1v) is 9.76. The zero-order chi connectivity index (χ0) is 19.3. The molecule has 0 aliphatic rings. The molecule has 1 N–H and O–H groups in total. The van der Waals surface area contributed by atoms with E-state index in [0.717, 1.165) is 11.1 Å². The van der Waals surface area contributed by atoms with Crippen molar-refractivity contribution in [2.75, 3.05) is 25.4 Å². The number of anilines is 1. The number of aryl methyl sites for hydroxylation is 1. The third-order valence-electron chi connectivity index (χ3n) is 3.75. The van der Waals surface area contributed by atoms with Gasteiger partial charge in [-0.15, -0.1) is 0 Å². The standard InChI is InChI=1S/C19H24N2O4S/c1-5-25-17-11-6-14(2)12-18(17)26(23,24)20-16-9-7-15(8-10-16)13-19(22)21(3)4/h6-12,20H,5,13H2,1-4H3. The average molecular weight is 376 g/mol. The zero-order valence-corrected chi connectivity index (χ0v) is 16.3. The summed E-state index contributed by atoms with van der Waals surface area (Å²) in [7, 11) is -0.394. The van der Waals surface area contributed by atoms with Gasteiger partial charge in [0.2, 0.25) is 5.91 Å². The number of nitrogens with zero attached hydrogens (tertiary/aromatic N) is 1. The molecule has 2 aromatic rings. The van der Waals surface area contributed by atoms with Crippen LogP contribution in [-0.4, -0.2) is 39.9 Å². The van der Waals surface area contributed by atoms with Crippen LogP contribution in [0.1, 0.15) is 18.1 Å². The van der Waals surface area contributed by atoms with Gasteiger partial charge < -0.3 is 9.64 Å². The van der Waals surface area contributed by atoms with Gasteiger partial charge in [0.15, 0.2) is 0 Å². The highest BCUT2D eigenvalue weighted by Crippen LogP contribution is 2.27. The predicted octanol–water partition coefficient (Wildman–Crippen LogP) is 2.83. The second-order valence-corrected chi connectivity index (χ2v) is 7.80. The summed E-state index contributed by atoms with van der Waals surface area (Å²) >= 11 is 0. The maximum Gasteiger partial charge on any atom is 0.265 e. The van der Waals surface area contributed by atoms with E-state index in [2.05, 4.69) is 4.72 Å². The van der Waals surface area contributed by atoms with E-state index in [0.29, 0.717) is 18.0 Å². The number of hydrogen-bond acceptors (Lipinski definition) is 4. The molecule has 2 rings (SSSR count). The predicted molar refractivity (Wildman–Crippen MR) is 102 cm³/mol. The zero-order valence-electron chi connectivity index (χ0n) is 15.4. The molecule has 0 radical (unpaired) electrons. The van der Waals surface area contributed by atoms with Crippen LogP contribution >= 0.6 is 0 Å². The lowest BCUT2D eigenvalue weighted by Crippen LogP contribution is -2.23. The molecule has 0 saturated carbocycles. The monoisotopic (exact) mass is 376 g/mol. The fourth-order valence-corrected chi connectivity index (χ4v) is 3.62. The Kier molecular flexibility index (Phi) is 6.26. The van der Waals surface area contributed by atoms with Crippen LogP contribution in [-0.2, 0) is 21.2 Å². The minimum absolute atomic E-state index is 0.0144. The summed E-state index contributed by atoms with van der Waals surface area (Å²) in [5.41, 5.74) is 2.07. The van der Waals surface area contributed by atoms with Crippen LogP contribution in [0.5, 0.6) is 5.75 Å². The van der Waals surface area contributed by atoms with Gasteiger partial charge in [0, 0.05) is 19.8 Å². The summed E-state index contributed by atoms with van der Waals surface area (Å²) in [6.07, 6.45) is 0.270. The van der Waals surface area contributed by atoms with Crippen LogP contribution in [0.2, 0.25) is 0 Å². The lowest BCUT2D eigenvalue weighted by molar-refractivity contribution is -0.127. The molecule has 0 atom stereocenters. The average Bonchev–Trinajstić information content (AvgIpc) is 2.58. The van der Waals surface area contributed by atoms with E-state index in [1.54, 1.807) is 63.5 Å². The number of benzene rings is 2. The summed E-state index contributed by atoms with van der Waals surface area (Å²) in [4.78, 5) is 13.4. The van der Waals surface area contributed by atoms with E-state index < -0.39 is 10.0 Å². The van der Waals surface area contributed by atoms with E-state index in [9.17, 15) is 13.2 Å². The molecule has 0 saturated heterocycles. The maximum absolute atomic E-state index is 12.7. The van der Waals surface area contributed by atoms with E-state index in [1.165, 1.54) is 4.90 Å². The molecular formula is C19H24N2O4S. The van der Waals surface area contributed by atoms with Crippen molar-refractivity contribution in [1.82, 2.24) is 4.90 Å². The summed E-state index contributed by atoms with van der Waals surface area (Å²) < 4.78 is 33.5. The quantitative estimate of drug-likeness (QED) is 0.806. The molecule has 0 fully saturated rings. The Morgan fingerprint density at radius 1 is 1.12 bits per heavy atom. The van der Waals surface area contributed by atoms with E-state index >= 15 is 0 Å². The molecule has 26 heavy (non-hydrogen) atoms. The van der Waals surface area contributed by atoms with Gasteiger partial charge in [-0.3, -0.25) is 9.52 Å². The van der Waals surface area contributed by atoms with Gasteiger partial charge in [0.1, 0.15) is 10.6 Å². The molecule has 0 aromatic heterocycles. The summed E-state index contributed by atoms with van der Waals surface area (Å²) in [5, 5.41) is 0. The van der Waals surface area contributed by atoms with Crippen molar-refractivity contribution in [3.63, 3.8) is 0 Å². The molecular weight excluding hydrogens is 352 g/mol. The van der Waals surface area contributed by atoms with Crippen molar-refractivity contribution in [2.45, 2.75) is 25.2 Å². The smallest absolute Gasteiger partial charge is 0.265 e. The largest absolute Gasteiger partial charge is 0.492 e. The number of carbonyl (C=O) groups is 1. The Hall–Kier alpha value is -2.54. The van der Waals surface area contributed by atoms with Crippen LogP contribution in [0, 0.1) is 6.92 Å². The maximum atomic E-state index is 12.7. The first-order valence-electron chi connectivity index (χ1n) is 8.28. The SMILES string of the molecule is CCOc1ccc(C)cc1S(=O)(=O)Nc1ccc(CC(=O)N(C)C)cc1. The van der Waals surface area contributed by atoms with Gasteiger partial charge in [-0.25, -0.2) is 8.42 Å². The third-order valence-corrected chi connectivity index (χ3v) is 5.15. The van der Waals surface area contributed by atoms with Gasteiger partial charge >= 0.3 is 0 Å². The lowest BCUT2D eigenvalue weighted by Gasteiger charge is -2.14. The summed E-state index contributed by atoms with van der Waals surface area (Å²) in [6.45, 7) is 4.00. The van der Waals surface area contributed by atoms with Gasteiger partial charge in [-0.1, -0.05) is 18.2 Å². The molecule has 0 bridgehead atoms. The highest BCUT2D eigenvalue weighted by molar-refractivity contribution is 7.92. The second kappa shape index (κ2) is 8.23. The Bertz CT molecular complexity index is 875. The van der Waals surface area contributed by atoms with Crippen molar-refractivity contribution in [2.24, 2.45) is 0 Å². The number of rotatable bonds is 7. The first-order chi connectivity index (χ1) is 12.2. The normalized spacial score (nSPS) is 11.1. The fraction of sp³-hybridized carbons (Fsp3) is 0.316. The number of likely N-dealkylation sites (N-methyl/N-ethyl adjacent to an activating group) is 1. The van der Waals surface area contributed by atoms with Gasteiger partial charge in [0.05, 0.1) is 13.0 Å². The number of hydrogen-bond donors (Lipinski definition) is 1. The Morgan fingerprint density at radius 3 is 2.35 bits per heavy atom. The molecule has 0 aliphatic heterocycles. The topological polar surface area (TPSA) is 75.7 Å². The Labute approximate surface area is 154 Å². The number of amides is 1. The van der Waals surface area contributed by atoms with Crippen LogP contribution in [0.15, 0.2) is 47.4 Å². The van der Waals surface area contributed by atoms with Crippen molar-refractivity contribution in [3.05, 3.63) is 53.6 Å². The van der Waals surface area contributed by atoms with E-state index in [-0.39, 0.29) is 17.2 Å². The molecule has 7 heteroatoms. The van der Waals surface area contributed by atoms with Crippen LogP contribution in [0.4, 0.5) is 5.69 Å². The Morgan fingerprint density at radius 2 is 1.77 bits per heavy atom. The number of nitrogens with one attached hydrogen (secondary N) is 1. The highest BCUT2D eigenvalue weighted by Gasteiger charge is 2.20. The van der Waals surface area contributed by atoms with E-state index in [1.807, 2.05) is 6.92 Å². The molecule has 1 amide bonds. The third kappa shape index (κ3) is 4.98. The van der Waals surface area contributed by atoms with Gasteiger partial charge in [-0.05, 0) is 49.2 Å². The summed E-state index contributed by atoms with van der Waals surface area (Å²) in [6, 6.07) is 11.8.